The zero-order valence-electron chi connectivity index (χ0n) is 13.6. The lowest BCUT2D eigenvalue weighted by Gasteiger charge is -2.18. The highest BCUT2D eigenvalue weighted by atomic mass is 32.2. The topological polar surface area (TPSA) is 0 Å². The van der Waals surface area contributed by atoms with Crippen LogP contribution in [0.25, 0.3) is 0 Å². The first-order valence-electron chi connectivity index (χ1n) is 8.04. The normalized spacial score (nSPS) is 36.6. The Labute approximate surface area is 144 Å². The predicted molar refractivity (Wildman–Crippen MR) is 106 cm³/mol. The standard InChI is InChI=1S/C16H32S4/c1-13-5-9-18-15(3)7-11-20-16(4)8-12-19-14(2)6-10-17-13/h13-16H,5-12H2,1-4H3/t13-,14-,15-,16?/m1/s1. The first-order chi connectivity index (χ1) is 9.58. The summed E-state index contributed by atoms with van der Waals surface area (Å²) < 4.78 is 0. The average molecular weight is 353 g/mol. The fourth-order valence-corrected chi connectivity index (χ4v) is 7.38. The Morgan fingerprint density at radius 3 is 0.850 bits per heavy atom. The van der Waals surface area contributed by atoms with Gasteiger partial charge in [-0.25, -0.2) is 0 Å². The lowest BCUT2D eigenvalue weighted by molar-refractivity contribution is 0.861. The number of rotatable bonds is 0. The van der Waals surface area contributed by atoms with Gasteiger partial charge in [-0.2, -0.15) is 47.0 Å². The molecule has 0 saturated carbocycles. The third-order valence-corrected chi connectivity index (χ3v) is 8.81. The maximum Gasteiger partial charge on any atom is 0.00265 e. The van der Waals surface area contributed by atoms with Gasteiger partial charge in [0, 0.05) is 21.0 Å². The zero-order valence-corrected chi connectivity index (χ0v) is 16.9. The molecule has 1 aliphatic rings. The molecule has 0 radical (unpaired) electrons. The van der Waals surface area contributed by atoms with E-state index in [0.717, 1.165) is 21.0 Å². The molecule has 0 aromatic carbocycles. The van der Waals surface area contributed by atoms with Crippen LogP contribution in [0.3, 0.4) is 0 Å². The minimum atomic E-state index is 0.842. The van der Waals surface area contributed by atoms with Crippen molar-refractivity contribution in [3.63, 3.8) is 0 Å². The van der Waals surface area contributed by atoms with Crippen molar-refractivity contribution >= 4 is 47.0 Å². The number of hydrogen-bond acceptors (Lipinski definition) is 4. The molecule has 4 heteroatoms. The highest BCUT2D eigenvalue weighted by Gasteiger charge is 2.11. The molecule has 120 valence electrons. The third kappa shape index (κ3) is 10.2. The van der Waals surface area contributed by atoms with Gasteiger partial charge < -0.3 is 0 Å². The van der Waals surface area contributed by atoms with Crippen molar-refractivity contribution in [3.05, 3.63) is 0 Å². The molecule has 20 heavy (non-hydrogen) atoms. The molecule has 0 spiro atoms. The fraction of sp³-hybridized carbons (Fsp3) is 1.00. The van der Waals surface area contributed by atoms with E-state index in [9.17, 15) is 0 Å². The second-order valence-corrected chi connectivity index (χ2v) is 12.1. The molecule has 0 aromatic heterocycles. The van der Waals surface area contributed by atoms with E-state index in [-0.39, 0.29) is 0 Å². The maximum absolute atomic E-state index is 2.41. The van der Waals surface area contributed by atoms with Gasteiger partial charge in [0.2, 0.25) is 0 Å². The van der Waals surface area contributed by atoms with Crippen LogP contribution in [0, 0.1) is 0 Å². The monoisotopic (exact) mass is 352 g/mol. The van der Waals surface area contributed by atoms with Crippen LogP contribution < -0.4 is 0 Å². The van der Waals surface area contributed by atoms with Crippen LogP contribution in [-0.2, 0) is 0 Å². The van der Waals surface area contributed by atoms with Crippen molar-refractivity contribution < 1.29 is 0 Å². The van der Waals surface area contributed by atoms with Crippen LogP contribution in [0.2, 0.25) is 0 Å². The molecule has 1 fully saturated rings. The second kappa shape index (κ2) is 11.9. The SMILES string of the molecule is CC1CCS[C@H](C)CCS[C@H](C)CCS[C@H](C)CCS1. The van der Waals surface area contributed by atoms with Gasteiger partial charge in [0.1, 0.15) is 0 Å². The van der Waals surface area contributed by atoms with E-state index in [1.165, 1.54) is 48.7 Å². The molecule has 0 aromatic rings. The fourth-order valence-electron chi connectivity index (χ4n) is 2.07. The Balaban J connectivity index is 2.34. The molecule has 0 aliphatic carbocycles. The highest BCUT2D eigenvalue weighted by molar-refractivity contribution is 8.01. The minimum absolute atomic E-state index is 0.842. The summed E-state index contributed by atoms with van der Waals surface area (Å²) in [4.78, 5) is 0. The van der Waals surface area contributed by atoms with Gasteiger partial charge in [0.05, 0.1) is 0 Å². The Morgan fingerprint density at radius 2 is 0.650 bits per heavy atom. The Bertz CT molecular complexity index is 171. The molecular formula is C16H32S4. The van der Waals surface area contributed by atoms with Crippen LogP contribution in [0.1, 0.15) is 53.4 Å². The quantitative estimate of drug-likeness (QED) is 0.520. The van der Waals surface area contributed by atoms with E-state index in [4.69, 9.17) is 0 Å². The van der Waals surface area contributed by atoms with Crippen molar-refractivity contribution in [3.8, 4) is 0 Å². The summed E-state index contributed by atoms with van der Waals surface area (Å²) in [5.41, 5.74) is 0. The first-order valence-corrected chi connectivity index (χ1v) is 12.2. The second-order valence-electron chi connectivity index (χ2n) is 5.88. The predicted octanol–water partition coefficient (Wildman–Crippen LogP) is 6.05. The zero-order chi connectivity index (χ0) is 14.8. The molecule has 1 aliphatic heterocycles. The molecule has 1 rings (SSSR count). The largest absolute Gasteiger partial charge is 0.159 e. The van der Waals surface area contributed by atoms with Gasteiger partial charge in [-0.3, -0.25) is 0 Å². The van der Waals surface area contributed by atoms with Gasteiger partial charge in [-0.05, 0) is 48.7 Å². The van der Waals surface area contributed by atoms with Gasteiger partial charge >= 0.3 is 0 Å². The lowest BCUT2D eigenvalue weighted by atomic mass is 10.3. The first kappa shape index (κ1) is 19.4. The van der Waals surface area contributed by atoms with Crippen LogP contribution in [0.15, 0.2) is 0 Å². The Hall–Kier alpha value is 1.40. The van der Waals surface area contributed by atoms with E-state index >= 15 is 0 Å². The summed E-state index contributed by atoms with van der Waals surface area (Å²) in [5.74, 6) is 5.39. The molecule has 0 N–H and O–H groups in total. The Kier molecular flexibility index (Phi) is 11.6. The summed E-state index contributed by atoms with van der Waals surface area (Å²) in [6, 6.07) is 0. The van der Waals surface area contributed by atoms with Gasteiger partial charge in [0.25, 0.3) is 0 Å². The molecule has 0 amide bonds. The van der Waals surface area contributed by atoms with Gasteiger partial charge in [-0.15, -0.1) is 0 Å². The van der Waals surface area contributed by atoms with Crippen molar-refractivity contribution in [1.82, 2.24) is 0 Å². The molecule has 1 unspecified atom stereocenters. The summed E-state index contributed by atoms with van der Waals surface area (Å²) in [7, 11) is 0. The summed E-state index contributed by atoms with van der Waals surface area (Å²) in [6.07, 6.45) is 5.52. The summed E-state index contributed by atoms with van der Waals surface area (Å²) >= 11 is 8.75. The maximum atomic E-state index is 2.41. The van der Waals surface area contributed by atoms with E-state index in [1.54, 1.807) is 0 Å². The molecular weight excluding hydrogens is 320 g/mol. The average Bonchev–Trinajstić information content (AvgIpc) is 2.37. The van der Waals surface area contributed by atoms with Crippen molar-refractivity contribution in [1.29, 1.82) is 0 Å². The van der Waals surface area contributed by atoms with Crippen molar-refractivity contribution in [2.75, 3.05) is 23.0 Å². The van der Waals surface area contributed by atoms with Crippen LogP contribution in [0.5, 0.6) is 0 Å². The van der Waals surface area contributed by atoms with Crippen molar-refractivity contribution in [2.45, 2.75) is 74.4 Å². The van der Waals surface area contributed by atoms with E-state index < -0.39 is 0 Å². The van der Waals surface area contributed by atoms with Crippen LogP contribution in [0.4, 0.5) is 0 Å². The van der Waals surface area contributed by atoms with Crippen LogP contribution in [-0.4, -0.2) is 44.0 Å². The summed E-state index contributed by atoms with van der Waals surface area (Å²) in [6.45, 7) is 9.64. The number of thioether (sulfide) groups is 4. The van der Waals surface area contributed by atoms with Gasteiger partial charge in [-0.1, -0.05) is 27.7 Å². The highest BCUT2D eigenvalue weighted by Crippen LogP contribution is 2.27. The smallest absolute Gasteiger partial charge is 0.00265 e. The molecule has 1 heterocycles. The minimum Gasteiger partial charge on any atom is -0.159 e. The molecule has 1 saturated heterocycles. The Morgan fingerprint density at radius 1 is 0.450 bits per heavy atom. The van der Waals surface area contributed by atoms with E-state index in [2.05, 4.69) is 74.7 Å². The summed E-state index contributed by atoms with van der Waals surface area (Å²) in [5, 5.41) is 3.37. The molecule has 4 atom stereocenters. The van der Waals surface area contributed by atoms with Crippen molar-refractivity contribution in [2.24, 2.45) is 0 Å². The van der Waals surface area contributed by atoms with E-state index in [0.29, 0.717) is 0 Å². The molecule has 0 bridgehead atoms. The molecule has 0 nitrogen and oxygen atoms in total. The van der Waals surface area contributed by atoms with Crippen LogP contribution >= 0.6 is 47.0 Å². The van der Waals surface area contributed by atoms with Gasteiger partial charge in [0.15, 0.2) is 0 Å². The lowest BCUT2D eigenvalue weighted by Crippen LogP contribution is -2.09. The van der Waals surface area contributed by atoms with E-state index in [1.807, 2.05) is 0 Å². The number of hydrogen-bond donors (Lipinski definition) is 0. The third-order valence-electron chi connectivity index (χ3n) is 3.71.